The molecule has 1 aliphatic carbocycles. The second-order valence-electron chi connectivity index (χ2n) is 6.04. The van der Waals surface area contributed by atoms with E-state index in [4.69, 9.17) is 10.6 Å². The van der Waals surface area contributed by atoms with Crippen molar-refractivity contribution in [1.29, 1.82) is 0 Å². The van der Waals surface area contributed by atoms with Gasteiger partial charge in [0.1, 0.15) is 5.84 Å². The highest BCUT2D eigenvalue weighted by Crippen LogP contribution is 2.50. The molecule has 96 valence electrons. The first kappa shape index (κ1) is 12.5. The van der Waals surface area contributed by atoms with Gasteiger partial charge >= 0.3 is 0 Å². The second kappa shape index (κ2) is 4.38. The van der Waals surface area contributed by atoms with E-state index in [1.807, 2.05) is 0 Å². The van der Waals surface area contributed by atoms with Crippen molar-refractivity contribution in [3.63, 3.8) is 0 Å². The number of nitrogens with zero attached hydrogens (tertiary/aromatic N) is 1. The molecule has 0 spiro atoms. The summed E-state index contributed by atoms with van der Waals surface area (Å²) in [6.07, 6.45) is 4.18. The summed E-state index contributed by atoms with van der Waals surface area (Å²) in [4.78, 5) is 19.7. The molecule has 0 bridgehead atoms. The van der Waals surface area contributed by atoms with Crippen LogP contribution >= 0.6 is 0 Å². The lowest BCUT2D eigenvalue weighted by molar-refractivity contribution is -0.118. The summed E-state index contributed by atoms with van der Waals surface area (Å²) >= 11 is 0. The van der Waals surface area contributed by atoms with Gasteiger partial charge in [0.2, 0.25) is 6.23 Å². The van der Waals surface area contributed by atoms with Crippen LogP contribution in [0.2, 0.25) is 0 Å². The topological polar surface area (TPSA) is 76.7 Å². The maximum Gasteiger partial charge on any atom is 0.231 e. The molecule has 17 heavy (non-hydrogen) atoms. The first-order valence-electron chi connectivity index (χ1n) is 6.12. The zero-order chi connectivity index (χ0) is 12.5. The smallest absolute Gasteiger partial charge is 0.231 e. The van der Waals surface area contributed by atoms with Crippen LogP contribution in [0.1, 0.15) is 39.5 Å². The highest BCUT2D eigenvalue weighted by molar-refractivity contribution is 5.85. The van der Waals surface area contributed by atoms with Gasteiger partial charge in [-0.2, -0.15) is 0 Å². The summed E-state index contributed by atoms with van der Waals surface area (Å²) in [6.45, 7) is 5.21. The Morgan fingerprint density at radius 2 is 2.35 bits per heavy atom. The number of nitrogens with two attached hydrogens (primary N) is 1. The Morgan fingerprint density at radius 1 is 1.59 bits per heavy atom. The van der Waals surface area contributed by atoms with E-state index in [0.717, 1.165) is 25.1 Å². The number of hydrogen-bond donors (Lipinski definition) is 2. The van der Waals surface area contributed by atoms with E-state index in [9.17, 15) is 4.79 Å². The van der Waals surface area contributed by atoms with Crippen LogP contribution in [0.3, 0.4) is 0 Å². The third-order valence-corrected chi connectivity index (χ3v) is 3.86. The van der Waals surface area contributed by atoms with Crippen molar-refractivity contribution in [2.75, 3.05) is 6.54 Å². The van der Waals surface area contributed by atoms with Crippen molar-refractivity contribution in [2.45, 2.75) is 45.8 Å². The monoisotopic (exact) mass is 239 g/mol. The normalized spacial score (nSPS) is 35.5. The number of hydrogen-bond acceptors (Lipinski definition) is 5. The summed E-state index contributed by atoms with van der Waals surface area (Å²) in [5.41, 5.74) is 9.13. The Labute approximate surface area is 102 Å². The second-order valence-corrected chi connectivity index (χ2v) is 6.04. The van der Waals surface area contributed by atoms with Crippen molar-refractivity contribution in [3.8, 4) is 0 Å². The standard InChI is InChI=1S/C12H21N3O2/c1-11(2)3-4-12(7-11,8-13)5-9-14-10(6-16)17-15-9/h6,10H,3-5,7-8,13H2,1-2H3,(H,14,15)/t10-,12?/m1/s1. The predicted octanol–water partition coefficient (Wildman–Crippen LogP) is 0.990. The third-order valence-electron chi connectivity index (χ3n) is 3.86. The Balaban J connectivity index is 2.04. The Hall–Kier alpha value is -0.940. The average molecular weight is 239 g/mol. The molecule has 0 aromatic carbocycles. The van der Waals surface area contributed by atoms with Crippen molar-refractivity contribution >= 4 is 12.1 Å². The zero-order valence-electron chi connectivity index (χ0n) is 10.5. The highest BCUT2D eigenvalue weighted by atomic mass is 16.7. The van der Waals surface area contributed by atoms with Gasteiger partial charge in [-0.25, -0.2) is 9.83 Å². The van der Waals surface area contributed by atoms with E-state index in [2.05, 4.69) is 24.3 Å². The molecule has 1 unspecified atom stereocenters. The summed E-state index contributed by atoms with van der Waals surface area (Å²) in [7, 11) is 0. The first-order valence-corrected chi connectivity index (χ1v) is 6.12. The maximum absolute atomic E-state index is 10.5. The molecule has 2 aliphatic rings. The molecule has 5 heteroatoms. The molecule has 1 aliphatic heterocycles. The van der Waals surface area contributed by atoms with Crippen LogP contribution in [0.4, 0.5) is 0 Å². The molecule has 2 rings (SSSR count). The Bertz CT molecular complexity index is 341. The van der Waals surface area contributed by atoms with E-state index in [0.29, 0.717) is 18.2 Å². The zero-order valence-corrected chi connectivity index (χ0v) is 10.5. The van der Waals surface area contributed by atoms with Crippen molar-refractivity contribution < 1.29 is 9.63 Å². The molecular weight excluding hydrogens is 218 g/mol. The molecule has 3 N–H and O–H groups in total. The maximum atomic E-state index is 10.5. The predicted molar refractivity (Wildman–Crippen MR) is 65.2 cm³/mol. The fourth-order valence-corrected chi connectivity index (χ4v) is 3.02. The number of carbonyl (C=O) groups excluding carboxylic acids is 1. The van der Waals surface area contributed by atoms with E-state index in [1.165, 1.54) is 6.42 Å². The Morgan fingerprint density at radius 3 is 2.82 bits per heavy atom. The van der Waals surface area contributed by atoms with Gasteiger partial charge < -0.3 is 5.73 Å². The highest BCUT2D eigenvalue weighted by Gasteiger charge is 2.43. The molecule has 0 aromatic heterocycles. The van der Waals surface area contributed by atoms with Crippen molar-refractivity contribution in [2.24, 2.45) is 21.6 Å². The van der Waals surface area contributed by atoms with Crippen LogP contribution in [-0.4, -0.2) is 24.9 Å². The van der Waals surface area contributed by atoms with Gasteiger partial charge in [0.05, 0.1) is 0 Å². The molecule has 1 heterocycles. The van der Waals surface area contributed by atoms with Crippen LogP contribution in [0.25, 0.3) is 0 Å². The molecular formula is C12H21N3O2. The summed E-state index contributed by atoms with van der Waals surface area (Å²) in [6, 6.07) is 0. The van der Waals surface area contributed by atoms with E-state index in [1.54, 1.807) is 0 Å². The van der Waals surface area contributed by atoms with Crippen molar-refractivity contribution in [3.05, 3.63) is 0 Å². The third kappa shape index (κ3) is 2.66. The number of carbonyl (C=O) groups is 1. The molecule has 5 nitrogen and oxygen atoms in total. The van der Waals surface area contributed by atoms with Gasteiger partial charge in [-0.15, -0.1) is 0 Å². The number of aldehydes is 1. The lowest BCUT2D eigenvalue weighted by Crippen LogP contribution is -2.34. The fraction of sp³-hybridized carbons (Fsp3) is 0.833. The number of aliphatic imine (C=N–C) groups is 1. The number of amidine groups is 1. The number of rotatable bonds is 4. The molecule has 2 atom stereocenters. The SMILES string of the molecule is CC1(C)CCC(CN)(CC2=N[C@@H](C=O)ON2)C1. The minimum absolute atomic E-state index is 0.108. The van der Waals surface area contributed by atoms with E-state index >= 15 is 0 Å². The summed E-state index contributed by atoms with van der Waals surface area (Å²) < 4.78 is 0. The minimum Gasteiger partial charge on any atom is -0.330 e. The lowest BCUT2D eigenvalue weighted by Gasteiger charge is -2.29. The molecule has 1 fully saturated rings. The van der Waals surface area contributed by atoms with Crippen LogP contribution in [0.15, 0.2) is 4.99 Å². The molecule has 0 aromatic rings. The van der Waals surface area contributed by atoms with Crippen LogP contribution in [0.5, 0.6) is 0 Å². The van der Waals surface area contributed by atoms with Gasteiger partial charge in [-0.05, 0) is 36.6 Å². The van der Waals surface area contributed by atoms with Gasteiger partial charge in [-0.3, -0.25) is 10.3 Å². The average Bonchev–Trinajstić information content (AvgIpc) is 2.84. The quantitative estimate of drug-likeness (QED) is 0.717. The largest absolute Gasteiger partial charge is 0.330 e. The summed E-state index contributed by atoms with van der Waals surface area (Å²) in [5, 5.41) is 0. The lowest BCUT2D eigenvalue weighted by atomic mass is 9.79. The summed E-state index contributed by atoms with van der Waals surface area (Å²) in [5.74, 6) is 0.755. The van der Waals surface area contributed by atoms with Crippen LogP contribution < -0.4 is 11.2 Å². The molecule has 1 saturated carbocycles. The van der Waals surface area contributed by atoms with Gasteiger partial charge in [-0.1, -0.05) is 13.8 Å². The number of hydroxylamine groups is 1. The molecule has 0 radical (unpaired) electrons. The molecule has 0 amide bonds. The van der Waals surface area contributed by atoms with Gasteiger partial charge in [0.25, 0.3) is 0 Å². The van der Waals surface area contributed by atoms with E-state index in [-0.39, 0.29) is 5.41 Å². The van der Waals surface area contributed by atoms with Gasteiger partial charge in [0.15, 0.2) is 6.29 Å². The van der Waals surface area contributed by atoms with Crippen molar-refractivity contribution in [1.82, 2.24) is 5.48 Å². The van der Waals surface area contributed by atoms with Crippen LogP contribution in [0, 0.1) is 10.8 Å². The minimum atomic E-state index is -0.686. The number of nitrogens with one attached hydrogen (secondary N) is 1. The van der Waals surface area contributed by atoms with Gasteiger partial charge in [0, 0.05) is 6.42 Å². The first-order chi connectivity index (χ1) is 7.99. The van der Waals surface area contributed by atoms with Crippen LogP contribution in [-0.2, 0) is 9.63 Å². The van der Waals surface area contributed by atoms with E-state index < -0.39 is 6.23 Å². The Kier molecular flexibility index (Phi) is 3.23. The molecule has 0 saturated heterocycles. The fourth-order valence-electron chi connectivity index (χ4n) is 3.02.